The first-order valence-corrected chi connectivity index (χ1v) is 7.00. The van der Waals surface area contributed by atoms with Gasteiger partial charge in [-0.25, -0.2) is 4.57 Å². The van der Waals surface area contributed by atoms with Gasteiger partial charge in [-0.1, -0.05) is 12.1 Å². The van der Waals surface area contributed by atoms with Crippen LogP contribution in [0.5, 0.6) is 0 Å². The van der Waals surface area contributed by atoms with Gasteiger partial charge < -0.3 is 20.0 Å². The van der Waals surface area contributed by atoms with Gasteiger partial charge in [0.15, 0.2) is 0 Å². The maximum atomic E-state index is 11.0. The van der Waals surface area contributed by atoms with Crippen LogP contribution < -0.4 is 5.73 Å². The number of nitrogens with zero attached hydrogens (tertiary/aromatic N) is 1. The quantitative estimate of drug-likeness (QED) is 0.425. The fraction of sp³-hybridized carbons (Fsp3) is 0.455. The Morgan fingerprint density at radius 3 is 2.17 bits per heavy atom. The van der Waals surface area contributed by atoms with Crippen LogP contribution in [0.2, 0.25) is 0 Å². The Morgan fingerprint density at radius 1 is 1.28 bits per heavy atom. The van der Waals surface area contributed by atoms with Crippen LogP contribution in [0.25, 0.3) is 0 Å². The summed E-state index contributed by atoms with van der Waals surface area (Å²) in [7, 11) is 1.25. The van der Waals surface area contributed by atoms with Crippen LogP contribution in [0.4, 0.5) is 5.69 Å². The molecule has 0 saturated carbocycles. The number of nitrogens with two attached hydrogens (primary N) is 1. The second kappa shape index (κ2) is 5.38. The van der Waals surface area contributed by atoms with Gasteiger partial charge in [-0.05, 0) is 17.7 Å². The lowest BCUT2D eigenvalue weighted by Gasteiger charge is -2.29. The van der Waals surface area contributed by atoms with E-state index in [-0.39, 0.29) is 0 Å². The number of likely N-dealkylation sites (N-methyl/N-ethyl adjacent to an activating group) is 1. The van der Waals surface area contributed by atoms with Gasteiger partial charge in [0.1, 0.15) is 12.6 Å². The molecule has 0 saturated heterocycles. The van der Waals surface area contributed by atoms with Gasteiger partial charge in [0.05, 0.1) is 21.1 Å². The molecule has 0 fully saturated rings. The van der Waals surface area contributed by atoms with Crippen molar-refractivity contribution in [2.24, 2.45) is 0 Å². The molecule has 18 heavy (non-hydrogen) atoms. The topological polar surface area (TPSA) is 92.8 Å². The summed E-state index contributed by atoms with van der Waals surface area (Å²) in [5.74, 6) is 0. The first kappa shape index (κ1) is 15.1. The highest BCUT2D eigenvalue weighted by atomic mass is 31.2. The van der Waals surface area contributed by atoms with Crippen molar-refractivity contribution in [3.05, 3.63) is 29.8 Å². The van der Waals surface area contributed by atoms with Crippen molar-refractivity contribution in [1.82, 2.24) is 0 Å². The molecule has 1 rings (SSSR count). The molecule has 0 aliphatic carbocycles. The summed E-state index contributed by atoms with van der Waals surface area (Å²) >= 11 is 0. The van der Waals surface area contributed by atoms with Crippen LogP contribution in [0.15, 0.2) is 24.3 Å². The van der Waals surface area contributed by atoms with Gasteiger partial charge in [0, 0.05) is 5.69 Å². The van der Waals surface area contributed by atoms with Gasteiger partial charge in [0.25, 0.3) is 0 Å². The van der Waals surface area contributed by atoms with Crippen LogP contribution in [0.3, 0.4) is 0 Å². The molecule has 0 aliphatic heterocycles. The zero-order valence-corrected chi connectivity index (χ0v) is 11.7. The van der Waals surface area contributed by atoms with Crippen LogP contribution in [0.1, 0.15) is 11.7 Å². The van der Waals surface area contributed by atoms with Gasteiger partial charge in [-0.3, -0.25) is 4.52 Å². The molecule has 0 spiro atoms. The van der Waals surface area contributed by atoms with E-state index in [0.29, 0.717) is 22.3 Å². The largest absolute Gasteiger partial charge is 0.470 e. The molecule has 1 atom stereocenters. The lowest BCUT2D eigenvalue weighted by Crippen LogP contribution is -2.38. The highest BCUT2D eigenvalue weighted by Crippen LogP contribution is 2.42. The summed E-state index contributed by atoms with van der Waals surface area (Å²) in [4.78, 5) is 17.9. The molecule has 102 valence electrons. The van der Waals surface area contributed by atoms with Crippen molar-refractivity contribution in [1.29, 1.82) is 0 Å². The maximum Gasteiger partial charge on any atom is 0.470 e. The predicted molar refractivity (Wildman–Crippen MR) is 69.6 cm³/mol. The maximum absolute atomic E-state index is 11.0. The van der Waals surface area contributed by atoms with E-state index < -0.39 is 13.9 Å². The highest BCUT2D eigenvalue weighted by Gasteiger charge is 2.28. The molecule has 0 heterocycles. The molecule has 1 unspecified atom stereocenters. The molecule has 7 heteroatoms. The summed E-state index contributed by atoms with van der Waals surface area (Å²) in [6, 6.07) is 6.79. The zero-order valence-electron chi connectivity index (χ0n) is 10.8. The first-order chi connectivity index (χ1) is 8.07. The lowest BCUT2D eigenvalue weighted by molar-refractivity contribution is -0.874. The zero-order chi connectivity index (χ0) is 14.0. The molecule has 0 aromatic heterocycles. The Bertz CT molecular complexity index is 435. The molecule has 1 aromatic carbocycles. The molecule has 0 radical (unpaired) electrons. The number of phosphoric acid groups is 1. The molecular weight excluding hydrogens is 255 g/mol. The molecular formula is C11H20N2O4P+. The number of anilines is 1. The summed E-state index contributed by atoms with van der Waals surface area (Å²) in [5, 5.41) is 0. The monoisotopic (exact) mass is 275 g/mol. The Balaban J connectivity index is 2.96. The van der Waals surface area contributed by atoms with Crippen molar-refractivity contribution in [3.63, 3.8) is 0 Å². The molecule has 4 N–H and O–H groups in total. The minimum atomic E-state index is -4.53. The summed E-state index contributed by atoms with van der Waals surface area (Å²) in [6.07, 6.45) is -0.675. The number of phosphoric ester groups is 1. The number of benzene rings is 1. The van der Waals surface area contributed by atoms with Crippen LogP contribution in [-0.4, -0.2) is 42.0 Å². The fourth-order valence-corrected chi connectivity index (χ4v) is 2.09. The second-order valence-electron chi connectivity index (χ2n) is 5.22. The first-order valence-electron chi connectivity index (χ1n) is 5.47. The number of hydrogen-bond donors (Lipinski definition) is 3. The van der Waals surface area contributed by atoms with E-state index in [1.807, 2.05) is 21.1 Å². The van der Waals surface area contributed by atoms with Gasteiger partial charge >= 0.3 is 7.82 Å². The van der Waals surface area contributed by atoms with Crippen molar-refractivity contribution in [2.75, 3.05) is 33.4 Å². The average Bonchev–Trinajstić information content (AvgIpc) is 2.13. The molecule has 0 amide bonds. The molecule has 1 aromatic rings. The van der Waals surface area contributed by atoms with Crippen LogP contribution >= 0.6 is 7.82 Å². The van der Waals surface area contributed by atoms with E-state index in [0.717, 1.165) is 0 Å². The third-order valence-corrected chi connectivity index (χ3v) is 2.82. The number of quaternary nitrogens is 1. The number of nitrogen functional groups attached to an aromatic ring is 1. The fourth-order valence-electron chi connectivity index (χ4n) is 1.57. The Hall–Kier alpha value is -0.910. The standard InChI is InChI=1S/C11H19N2O4P/c1-13(2,3)8-11(17-18(14,15)16)9-4-6-10(12)7-5-9/h4-7,11H,8,12H2,1-3H3,(H-,14,15,16)/p+1. The minimum Gasteiger partial charge on any atom is -0.399 e. The van der Waals surface area contributed by atoms with E-state index in [1.54, 1.807) is 24.3 Å². The second-order valence-corrected chi connectivity index (χ2v) is 6.42. The van der Waals surface area contributed by atoms with Crippen molar-refractivity contribution < 1.29 is 23.4 Å². The van der Waals surface area contributed by atoms with E-state index >= 15 is 0 Å². The van der Waals surface area contributed by atoms with E-state index in [1.165, 1.54) is 0 Å². The third-order valence-electron chi connectivity index (χ3n) is 2.29. The van der Waals surface area contributed by atoms with Gasteiger partial charge in [-0.2, -0.15) is 0 Å². The van der Waals surface area contributed by atoms with E-state index in [9.17, 15) is 4.57 Å². The SMILES string of the molecule is C[N+](C)(C)CC(OP(=O)(O)O)c1ccc(N)cc1. The molecule has 0 bridgehead atoms. The van der Waals surface area contributed by atoms with Crippen molar-refractivity contribution in [2.45, 2.75) is 6.10 Å². The Morgan fingerprint density at radius 2 is 1.78 bits per heavy atom. The Labute approximate surface area is 107 Å². The minimum absolute atomic E-state index is 0.440. The average molecular weight is 275 g/mol. The summed E-state index contributed by atoms with van der Waals surface area (Å²) in [5.41, 5.74) is 6.87. The smallest absolute Gasteiger partial charge is 0.399 e. The van der Waals surface area contributed by atoms with Crippen LogP contribution in [-0.2, 0) is 9.09 Å². The third kappa shape index (κ3) is 5.62. The number of hydrogen-bond acceptors (Lipinski definition) is 3. The highest BCUT2D eigenvalue weighted by molar-refractivity contribution is 7.46. The number of rotatable bonds is 5. The van der Waals surface area contributed by atoms with Crippen molar-refractivity contribution in [3.8, 4) is 0 Å². The Kier molecular flexibility index (Phi) is 4.53. The summed E-state index contributed by atoms with van der Waals surface area (Å²) < 4.78 is 16.4. The molecule has 0 aliphatic rings. The van der Waals surface area contributed by atoms with E-state index in [2.05, 4.69) is 0 Å². The normalized spacial score (nSPS) is 14.5. The van der Waals surface area contributed by atoms with Crippen LogP contribution in [0, 0.1) is 0 Å². The summed E-state index contributed by atoms with van der Waals surface area (Å²) in [6.45, 7) is 0.440. The van der Waals surface area contributed by atoms with E-state index in [4.69, 9.17) is 20.0 Å². The predicted octanol–water partition coefficient (Wildman–Crippen LogP) is 1.13. The van der Waals surface area contributed by atoms with Crippen molar-refractivity contribution >= 4 is 13.5 Å². The lowest BCUT2D eigenvalue weighted by atomic mass is 10.1. The molecule has 6 nitrogen and oxygen atoms in total. The van der Waals surface area contributed by atoms with Gasteiger partial charge in [0.2, 0.25) is 0 Å². The van der Waals surface area contributed by atoms with Gasteiger partial charge in [-0.15, -0.1) is 0 Å².